The molecule has 1 amide bonds. The Kier molecular flexibility index (Phi) is 4.05. The first-order valence-electron chi connectivity index (χ1n) is 9.42. The number of rotatable bonds is 1. The zero-order valence-corrected chi connectivity index (χ0v) is 15.9. The molecular formula is C20H25F2NO4. The normalized spacial score (nSPS) is 23.2. The van der Waals surface area contributed by atoms with E-state index in [1.807, 2.05) is 26.8 Å². The molecule has 7 heteroatoms. The molecule has 1 saturated heterocycles. The van der Waals surface area contributed by atoms with Gasteiger partial charge in [0.2, 0.25) is 0 Å². The van der Waals surface area contributed by atoms with Crippen LogP contribution in [-0.4, -0.2) is 36.0 Å². The van der Waals surface area contributed by atoms with Crippen LogP contribution in [0.25, 0.3) is 0 Å². The Morgan fingerprint density at radius 3 is 2.41 bits per heavy atom. The average molecular weight is 381 g/mol. The van der Waals surface area contributed by atoms with Crippen molar-refractivity contribution in [1.29, 1.82) is 0 Å². The molecule has 1 aliphatic carbocycles. The predicted molar refractivity (Wildman–Crippen MR) is 94.1 cm³/mol. The molecule has 1 aromatic rings. The van der Waals surface area contributed by atoms with Gasteiger partial charge in [0.25, 0.3) is 0 Å². The maximum Gasteiger partial charge on any atom is 0.586 e. The van der Waals surface area contributed by atoms with Gasteiger partial charge in [0.1, 0.15) is 5.60 Å². The highest BCUT2D eigenvalue weighted by molar-refractivity contribution is 5.68. The van der Waals surface area contributed by atoms with Crippen molar-refractivity contribution in [3.63, 3.8) is 0 Å². The molecule has 148 valence electrons. The molecule has 0 unspecified atom stereocenters. The minimum Gasteiger partial charge on any atom is -0.444 e. The fourth-order valence-electron chi connectivity index (χ4n) is 4.34. The molecule has 1 spiro atoms. The number of carbonyl (C=O) groups excluding carboxylic acids is 1. The molecule has 0 radical (unpaired) electrons. The SMILES string of the molecule is CC(C)(C)OC(=O)N1CCC2(CC1)CC(c1ccc3c(c1)OC(F)(F)O3)C2. The fraction of sp³-hybridized carbons (Fsp3) is 0.650. The van der Waals surface area contributed by atoms with E-state index < -0.39 is 11.9 Å². The summed E-state index contributed by atoms with van der Waals surface area (Å²) in [6, 6.07) is 5.07. The number of amides is 1. The molecule has 2 fully saturated rings. The summed E-state index contributed by atoms with van der Waals surface area (Å²) in [5.74, 6) is 0.530. The molecule has 1 aromatic carbocycles. The zero-order chi connectivity index (χ0) is 19.4. The van der Waals surface area contributed by atoms with Crippen LogP contribution in [0.5, 0.6) is 11.5 Å². The van der Waals surface area contributed by atoms with Crippen molar-refractivity contribution in [2.45, 2.75) is 64.3 Å². The number of halogens is 2. The number of hydrogen-bond acceptors (Lipinski definition) is 4. The maximum atomic E-state index is 13.2. The van der Waals surface area contributed by atoms with Crippen LogP contribution in [0.2, 0.25) is 0 Å². The van der Waals surface area contributed by atoms with Crippen LogP contribution in [0.15, 0.2) is 18.2 Å². The van der Waals surface area contributed by atoms with Crippen molar-refractivity contribution in [1.82, 2.24) is 4.90 Å². The van der Waals surface area contributed by atoms with Gasteiger partial charge in [-0.25, -0.2) is 4.79 Å². The van der Waals surface area contributed by atoms with Crippen molar-refractivity contribution in [3.05, 3.63) is 23.8 Å². The first-order valence-corrected chi connectivity index (χ1v) is 9.42. The lowest BCUT2D eigenvalue weighted by molar-refractivity contribution is -0.286. The van der Waals surface area contributed by atoms with Crippen LogP contribution in [0.4, 0.5) is 13.6 Å². The third-order valence-corrected chi connectivity index (χ3v) is 5.73. The van der Waals surface area contributed by atoms with Crippen LogP contribution < -0.4 is 9.47 Å². The Morgan fingerprint density at radius 2 is 1.78 bits per heavy atom. The van der Waals surface area contributed by atoms with Gasteiger partial charge in [0.05, 0.1) is 0 Å². The minimum absolute atomic E-state index is 0.0865. The van der Waals surface area contributed by atoms with E-state index in [-0.39, 0.29) is 23.0 Å². The van der Waals surface area contributed by atoms with Crippen LogP contribution in [0.3, 0.4) is 0 Å². The van der Waals surface area contributed by atoms with E-state index in [0.29, 0.717) is 19.0 Å². The topological polar surface area (TPSA) is 48.0 Å². The Hall–Kier alpha value is -2.05. The number of alkyl halides is 2. The average Bonchev–Trinajstić information content (AvgIpc) is 2.83. The third-order valence-electron chi connectivity index (χ3n) is 5.73. The van der Waals surface area contributed by atoms with E-state index in [2.05, 4.69) is 9.47 Å². The predicted octanol–water partition coefficient (Wildman–Crippen LogP) is 4.90. The second-order valence-corrected chi connectivity index (χ2v) is 8.95. The summed E-state index contributed by atoms with van der Waals surface area (Å²) in [5.41, 5.74) is 0.767. The van der Waals surface area contributed by atoms with Gasteiger partial charge >= 0.3 is 12.4 Å². The molecule has 0 N–H and O–H groups in total. The Bertz CT molecular complexity index is 743. The van der Waals surface area contributed by atoms with Crippen molar-refractivity contribution in [3.8, 4) is 11.5 Å². The standard InChI is InChI=1S/C20H25F2NO4/c1-18(2,3)27-17(24)23-8-6-19(7-9-23)11-14(12-19)13-4-5-15-16(10-13)26-20(21,22)25-15/h4-5,10,14H,6-9,11-12H2,1-3H3. The summed E-state index contributed by atoms with van der Waals surface area (Å²) >= 11 is 0. The highest BCUT2D eigenvalue weighted by Crippen LogP contribution is 2.57. The number of fused-ring (bicyclic) bond motifs is 1. The molecule has 2 heterocycles. The van der Waals surface area contributed by atoms with Crippen LogP contribution in [-0.2, 0) is 4.74 Å². The fourth-order valence-corrected chi connectivity index (χ4v) is 4.34. The van der Waals surface area contributed by atoms with Crippen molar-refractivity contribution in [2.75, 3.05) is 13.1 Å². The molecular weight excluding hydrogens is 356 g/mol. The van der Waals surface area contributed by atoms with E-state index in [1.165, 1.54) is 0 Å². The van der Waals surface area contributed by atoms with Gasteiger partial charge in [0.15, 0.2) is 11.5 Å². The second kappa shape index (κ2) is 5.97. The third kappa shape index (κ3) is 3.69. The molecule has 5 nitrogen and oxygen atoms in total. The van der Waals surface area contributed by atoms with E-state index in [0.717, 1.165) is 31.2 Å². The smallest absolute Gasteiger partial charge is 0.444 e. The maximum absolute atomic E-state index is 13.2. The lowest BCUT2D eigenvalue weighted by Crippen LogP contribution is -2.49. The van der Waals surface area contributed by atoms with Crippen LogP contribution in [0, 0.1) is 5.41 Å². The summed E-state index contributed by atoms with van der Waals surface area (Å²) in [6.07, 6.45) is 0.0913. The highest BCUT2D eigenvalue weighted by atomic mass is 19.3. The van der Waals surface area contributed by atoms with Gasteiger partial charge in [-0.2, -0.15) is 0 Å². The van der Waals surface area contributed by atoms with Crippen molar-refractivity contribution in [2.24, 2.45) is 5.41 Å². The molecule has 0 aromatic heterocycles. The van der Waals surface area contributed by atoms with Crippen LogP contribution in [0.1, 0.15) is 57.9 Å². The number of ether oxygens (including phenoxy) is 3. The van der Waals surface area contributed by atoms with Gasteiger partial charge in [0, 0.05) is 13.1 Å². The summed E-state index contributed by atoms with van der Waals surface area (Å²) < 4.78 is 40.8. The number of hydrogen-bond donors (Lipinski definition) is 0. The zero-order valence-electron chi connectivity index (χ0n) is 15.9. The lowest BCUT2D eigenvalue weighted by Gasteiger charge is -2.52. The highest BCUT2D eigenvalue weighted by Gasteiger charge is 2.48. The molecule has 0 bridgehead atoms. The van der Waals surface area contributed by atoms with Gasteiger partial charge in [-0.3, -0.25) is 0 Å². The first-order chi connectivity index (χ1) is 12.5. The van der Waals surface area contributed by atoms with Gasteiger partial charge in [-0.05, 0) is 75.5 Å². The van der Waals surface area contributed by atoms with Crippen molar-refractivity contribution < 1.29 is 27.8 Å². The summed E-state index contributed by atoms with van der Waals surface area (Å²) in [4.78, 5) is 14.0. The van der Waals surface area contributed by atoms with E-state index in [9.17, 15) is 13.6 Å². The van der Waals surface area contributed by atoms with E-state index >= 15 is 0 Å². The second-order valence-electron chi connectivity index (χ2n) is 8.95. The summed E-state index contributed by atoms with van der Waals surface area (Å²) in [6.45, 7) is 7.01. The quantitative estimate of drug-likeness (QED) is 0.694. The largest absolute Gasteiger partial charge is 0.586 e. The Labute approximate surface area is 157 Å². The number of likely N-dealkylation sites (tertiary alicyclic amines) is 1. The number of nitrogens with zero attached hydrogens (tertiary/aromatic N) is 1. The molecule has 0 atom stereocenters. The first kappa shape index (κ1) is 18.3. The van der Waals surface area contributed by atoms with Gasteiger partial charge in [-0.15, -0.1) is 8.78 Å². The summed E-state index contributed by atoms with van der Waals surface area (Å²) in [7, 11) is 0. The Balaban J connectivity index is 1.32. The summed E-state index contributed by atoms with van der Waals surface area (Å²) in [5, 5.41) is 0. The molecule has 1 saturated carbocycles. The van der Waals surface area contributed by atoms with E-state index in [4.69, 9.17) is 4.74 Å². The number of carbonyl (C=O) groups is 1. The monoisotopic (exact) mass is 381 g/mol. The van der Waals surface area contributed by atoms with Crippen LogP contribution >= 0.6 is 0 Å². The van der Waals surface area contributed by atoms with E-state index in [1.54, 1.807) is 17.0 Å². The number of piperidine rings is 1. The molecule has 3 aliphatic rings. The molecule has 27 heavy (non-hydrogen) atoms. The van der Waals surface area contributed by atoms with Gasteiger partial charge in [-0.1, -0.05) is 6.07 Å². The number of benzene rings is 1. The van der Waals surface area contributed by atoms with Gasteiger partial charge < -0.3 is 19.1 Å². The molecule has 4 rings (SSSR count). The molecule has 2 aliphatic heterocycles. The van der Waals surface area contributed by atoms with Crippen molar-refractivity contribution >= 4 is 6.09 Å². The lowest BCUT2D eigenvalue weighted by atomic mass is 9.56. The Morgan fingerprint density at radius 1 is 1.15 bits per heavy atom. The minimum atomic E-state index is -3.57.